The molecule has 0 unspecified atom stereocenters. The maximum atomic E-state index is 11.3. The van der Waals surface area contributed by atoms with Crippen molar-refractivity contribution in [3.63, 3.8) is 0 Å². The number of nitro groups is 1. The van der Waals surface area contributed by atoms with Crippen LogP contribution in [0.1, 0.15) is 40.2 Å². The number of nitrogens with one attached hydrogen (secondary N) is 3. The van der Waals surface area contributed by atoms with Gasteiger partial charge in [0.2, 0.25) is 5.91 Å². The Morgan fingerprint density at radius 1 is 1.20 bits per heavy atom. The van der Waals surface area contributed by atoms with E-state index in [1.165, 1.54) is 39.9 Å². The highest BCUT2D eigenvalue weighted by molar-refractivity contribution is 8.76. The summed E-state index contributed by atoms with van der Waals surface area (Å²) in [6, 6.07) is 9.82. The molecule has 13 nitrogen and oxygen atoms in total. The summed E-state index contributed by atoms with van der Waals surface area (Å²) in [4.78, 5) is 45.8. The number of pyridine rings is 1. The Balaban J connectivity index is 0.000000624. The van der Waals surface area contributed by atoms with E-state index in [2.05, 4.69) is 25.9 Å². The molecule has 0 atom stereocenters. The second-order valence-corrected chi connectivity index (χ2v) is 11.6. The van der Waals surface area contributed by atoms with E-state index in [0.717, 1.165) is 5.56 Å². The van der Waals surface area contributed by atoms with Crippen LogP contribution in [0, 0.1) is 16.0 Å². The first kappa shape index (κ1) is 37.4. The molecule has 2 aromatic rings. The zero-order chi connectivity index (χ0) is 31.3. The lowest BCUT2D eigenvalue weighted by atomic mass is 10.1. The zero-order valence-electron chi connectivity index (χ0n) is 24.0. The van der Waals surface area contributed by atoms with Gasteiger partial charge in [-0.3, -0.25) is 25.1 Å². The summed E-state index contributed by atoms with van der Waals surface area (Å²) < 4.78 is 9.58. The fourth-order valence-electron chi connectivity index (χ4n) is 2.37. The number of hydrogen-bond acceptors (Lipinski definition) is 12. The molecule has 1 heterocycles. The van der Waals surface area contributed by atoms with Crippen LogP contribution in [0.4, 0.5) is 10.5 Å². The average Bonchev–Trinajstić information content (AvgIpc) is 2.90. The van der Waals surface area contributed by atoms with Crippen LogP contribution in [0.5, 0.6) is 5.75 Å². The number of hydrazine groups is 1. The predicted molar refractivity (Wildman–Crippen MR) is 159 cm³/mol. The highest BCUT2D eigenvalue weighted by Gasteiger charge is 2.16. The summed E-state index contributed by atoms with van der Waals surface area (Å²) in [5.74, 6) is 0.876. The lowest BCUT2D eigenvalue weighted by molar-refractivity contribution is -0.388. The molecule has 4 N–H and O–H groups in total. The van der Waals surface area contributed by atoms with Gasteiger partial charge in [-0.1, -0.05) is 36.8 Å². The van der Waals surface area contributed by atoms with Gasteiger partial charge < -0.3 is 19.9 Å². The number of aromatic hydroxyl groups is 1. The molecule has 1 aromatic heterocycles. The van der Waals surface area contributed by atoms with Crippen LogP contribution >= 0.6 is 21.6 Å². The van der Waals surface area contributed by atoms with Gasteiger partial charge in [0.1, 0.15) is 18.0 Å². The molecule has 15 heteroatoms. The van der Waals surface area contributed by atoms with Gasteiger partial charge in [-0.05, 0) is 61.7 Å². The third kappa shape index (κ3) is 20.0. The van der Waals surface area contributed by atoms with E-state index in [1.807, 2.05) is 46.8 Å². The third-order valence-electron chi connectivity index (χ3n) is 4.23. The molecule has 0 aliphatic heterocycles. The first-order chi connectivity index (χ1) is 19.3. The fourth-order valence-corrected chi connectivity index (χ4v) is 4.23. The number of carbonyl (C=O) groups excluding carboxylic acids is 3. The molecule has 0 saturated heterocycles. The van der Waals surface area contributed by atoms with Crippen molar-refractivity contribution < 1.29 is 33.9 Å². The Bertz CT molecular complexity index is 1070. The third-order valence-corrected chi connectivity index (χ3v) is 6.48. The minimum atomic E-state index is -0.474. The molecule has 0 saturated carbocycles. The molecule has 0 aliphatic carbocycles. The second-order valence-electron chi connectivity index (χ2n) is 9.20. The number of benzene rings is 1. The Labute approximate surface area is 248 Å². The number of phenolic OH excluding ortho intramolecular Hbond substituents is 1. The number of alkyl carbamates (subject to hydrolysis) is 1. The monoisotopic (exact) mass is 613 g/mol. The van der Waals surface area contributed by atoms with E-state index in [-0.39, 0.29) is 29.9 Å². The summed E-state index contributed by atoms with van der Waals surface area (Å²) in [5.41, 5.74) is 5.57. The number of phenols is 1. The number of nitrogens with zero attached hydrogens (tertiary/aromatic N) is 2. The average molecular weight is 614 g/mol. The minimum absolute atomic E-state index is 0.0173. The molecule has 0 aliphatic rings. The maximum Gasteiger partial charge on any atom is 0.407 e. The van der Waals surface area contributed by atoms with Gasteiger partial charge in [0, 0.05) is 37.5 Å². The molecule has 0 bridgehead atoms. The highest BCUT2D eigenvalue weighted by Crippen LogP contribution is 2.34. The number of carbonyl (C=O) groups is 3. The van der Waals surface area contributed by atoms with Gasteiger partial charge >= 0.3 is 11.8 Å². The predicted octanol–water partition coefficient (Wildman–Crippen LogP) is 4.26. The summed E-state index contributed by atoms with van der Waals surface area (Å²) in [5, 5.41) is 22.8. The van der Waals surface area contributed by atoms with Crippen molar-refractivity contribution in [1.29, 1.82) is 0 Å². The topological polar surface area (TPSA) is 182 Å². The first-order valence-electron chi connectivity index (χ1n) is 12.5. The summed E-state index contributed by atoms with van der Waals surface area (Å²) in [7, 11) is 4.20. The van der Waals surface area contributed by atoms with E-state index in [1.54, 1.807) is 19.2 Å². The van der Waals surface area contributed by atoms with Gasteiger partial charge in [0.05, 0.1) is 4.92 Å². The number of amides is 2. The maximum absolute atomic E-state index is 11.3. The van der Waals surface area contributed by atoms with E-state index >= 15 is 0 Å². The number of ether oxygens (including phenoxy) is 2. The number of rotatable bonds is 12. The van der Waals surface area contributed by atoms with E-state index < -0.39 is 16.6 Å². The molecule has 0 fully saturated rings. The molecule has 2 rings (SSSR count). The summed E-state index contributed by atoms with van der Waals surface area (Å²) in [6.45, 7) is 10.3. The Morgan fingerprint density at radius 3 is 2.37 bits per heavy atom. The Morgan fingerprint density at radius 2 is 1.85 bits per heavy atom. The van der Waals surface area contributed by atoms with Crippen LogP contribution in [0.2, 0.25) is 0 Å². The molecule has 228 valence electrons. The van der Waals surface area contributed by atoms with Crippen molar-refractivity contribution in [3.05, 3.63) is 58.3 Å². The van der Waals surface area contributed by atoms with Crippen molar-refractivity contribution in [3.8, 4) is 5.75 Å². The quantitative estimate of drug-likeness (QED) is 0.0879. The molecule has 1 aromatic carbocycles. The standard InChI is InChI=1S/C13H19NO3.C8H8N2O4S2.C5H12N2O/c1-13(2,3)17-12(16)14-9-8-10-4-6-11(15)7-5-10;11-6-14-4-5-15-16-8-7(10(12)13)2-1-3-9-8;1-4(2)5(8)7-6-3/h4-7,15H,8-9H2,1-3H3,(H,14,16);1-3,6H,4-5H2;4,6H,1-3H3,(H,7,8). The van der Waals surface area contributed by atoms with E-state index in [0.29, 0.717) is 30.2 Å². The largest absolute Gasteiger partial charge is 0.508 e. The molecular weight excluding hydrogens is 574 g/mol. The lowest BCUT2D eigenvalue weighted by Gasteiger charge is -2.19. The van der Waals surface area contributed by atoms with Crippen LogP contribution in [0.15, 0.2) is 47.6 Å². The van der Waals surface area contributed by atoms with Gasteiger partial charge in [0.25, 0.3) is 6.47 Å². The van der Waals surface area contributed by atoms with Crippen LogP contribution in [0.3, 0.4) is 0 Å². The van der Waals surface area contributed by atoms with E-state index in [4.69, 9.17) is 9.84 Å². The first-order valence-corrected chi connectivity index (χ1v) is 14.8. The molecule has 2 amide bonds. The van der Waals surface area contributed by atoms with Crippen molar-refractivity contribution in [2.24, 2.45) is 5.92 Å². The van der Waals surface area contributed by atoms with Crippen molar-refractivity contribution in [1.82, 2.24) is 21.2 Å². The van der Waals surface area contributed by atoms with Crippen molar-refractivity contribution >= 4 is 45.7 Å². The number of aromatic nitrogens is 1. The van der Waals surface area contributed by atoms with Gasteiger partial charge in [0.15, 0.2) is 5.03 Å². The van der Waals surface area contributed by atoms with Crippen molar-refractivity contribution in [2.75, 3.05) is 26.0 Å². The van der Waals surface area contributed by atoms with Gasteiger partial charge in [-0.25, -0.2) is 15.2 Å². The Hall–Kier alpha value is -3.56. The molecule has 0 radical (unpaired) electrons. The normalized spacial score (nSPS) is 10.2. The van der Waals surface area contributed by atoms with E-state index in [9.17, 15) is 24.5 Å². The highest BCUT2D eigenvalue weighted by atomic mass is 33.1. The fraction of sp³-hybridized carbons (Fsp3) is 0.462. The number of hydrogen-bond donors (Lipinski definition) is 4. The van der Waals surface area contributed by atoms with Crippen LogP contribution in [-0.2, 0) is 25.5 Å². The van der Waals surface area contributed by atoms with Crippen LogP contribution < -0.4 is 16.2 Å². The van der Waals surface area contributed by atoms with Gasteiger partial charge in [-0.15, -0.1) is 0 Å². The smallest absolute Gasteiger partial charge is 0.407 e. The molecular formula is C26H39N5O8S2. The molecule has 0 spiro atoms. The minimum Gasteiger partial charge on any atom is -0.508 e. The SMILES string of the molecule is CC(C)(C)OC(=O)NCCc1ccc(O)cc1.CNNC(=O)C(C)C.O=COCCSSc1ncccc1[N+](=O)[O-]. The zero-order valence-corrected chi connectivity index (χ0v) is 25.7. The van der Waals surface area contributed by atoms with Gasteiger partial charge in [-0.2, -0.15) is 0 Å². The van der Waals surface area contributed by atoms with Crippen LogP contribution in [-0.4, -0.2) is 65.0 Å². The Kier molecular flexibility index (Phi) is 19.4. The lowest BCUT2D eigenvalue weighted by Crippen LogP contribution is -2.36. The van der Waals surface area contributed by atoms with Crippen molar-refractivity contribution in [2.45, 2.75) is 51.7 Å². The van der Waals surface area contributed by atoms with Crippen LogP contribution in [0.25, 0.3) is 0 Å². The molecule has 41 heavy (non-hydrogen) atoms. The summed E-state index contributed by atoms with van der Waals surface area (Å²) >= 11 is 0. The summed E-state index contributed by atoms with van der Waals surface area (Å²) in [6.07, 6.45) is 1.80. The second kappa shape index (κ2) is 21.2.